The standard InChI is InChI=1S/C20H14Br2F2O2.C20H16F2O2.CH4.BHNS/c1-25-19-5-3-11(21)7-15(19)13-9-18(24)14(10-17(13)23)16-8-12(22)4-6-20(16)26-2;1-23-19-9-5-3-7-13(19)15-11-18(22)16(12-17(15)21)14-8-4-6-10-20(14)24-2;;1-2-3/h3-10H,1-2H3;3-12H,1-2H3;1H4;3H. The molecule has 0 bridgehead atoms. The molecule has 6 aromatic carbocycles. The number of benzene rings is 6. The van der Waals surface area contributed by atoms with Gasteiger partial charge in [-0.25, -0.2) is 17.6 Å². The molecule has 0 fully saturated rings. The first-order chi connectivity index (χ1) is 25.5. The van der Waals surface area contributed by atoms with Crippen LogP contribution in [0.2, 0.25) is 0 Å². The van der Waals surface area contributed by atoms with Gasteiger partial charge in [-0.15, -0.1) is 0 Å². The number of thiol groups is 1. The van der Waals surface area contributed by atoms with Crippen LogP contribution < -0.4 is 18.9 Å². The van der Waals surface area contributed by atoms with Crippen LogP contribution in [0.25, 0.3) is 44.5 Å². The van der Waals surface area contributed by atoms with Crippen LogP contribution in [0.4, 0.5) is 17.6 Å². The maximum absolute atomic E-state index is 14.9. The molecule has 0 aliphatic carbocycles. The molecule has 0 unspecified atom stereocenters. The molecule has 0 N–H and O–H groups in total. The molecule has 6 aromatic rings. The van der Waals surface area contributed by atoms with Gasteiger partial charge in [-0.3, -0.25) is 0 Å². The first-order valence-corrected chi connectivity index (χ1v) is 17.5. The second-order valence-electron chi connectivity index (χ2n) is 10.8. The first kappa shape index (κ1) is 43.8. The summed E-state index contributed by atoms with van der Waals surface area (Å²) in [7, 11) is 10.3. The van der Waals surface area contributed by atoms with E-state index >= 15 is 0 Å². The molecule has 13 heteroatoms. The topological polar surface area (TPSA) is 49.3 Å². The Morgan fingerprint density at radius 2 is 0.704 bits per heavy atom. The molecule has 6 rings (SSSR count). The van der Waals surface area contributed by atoms with Crippen molar-refractivity contribution >= 4 is 52.3 Å². The summed E-state index contributed by atoms with van der Waals surface area (Å²) in [6, 6.07) is 28.9. The number of nitrogens with zero attached hydrogens (tertiary/aromatic N) is 1. The van der Waals surface area contributed by atoms with Crippen LogP contribution in [0, 0.1) is 23.3 Å². The predicted octanol–water partition coefficient (Wildman–Crippen LogP) is 13.0. The zero-order valence-electron chi connectivity index (χ0n) is 28.8. The van der Waals surface area contributed by atoms with Crippen molar-refractivity contribution in [1.82, 2.24) is 0 Å². The molecule has 54 heavy (non-hydrogen) atoms. The molecule has 5 nitrogen and oxygen atoms in total. The second kappa shape index (κ2) is 20.8. The number of rotatable bonds is 8. The van der Waals surface area contributed by atoms with Crippen molar-refractivity contribution in [2.45, 2.75) is 7.43 Å². The number of methoxy groups -OCH3 is 4. The fourth-order valence-electron chi connectivity index (χ4n) is 5.43. The molecule has 0 aliphatic rings. The van der Waals surface area contributed by atoms with Crippen LogP contribution in [0.3, 0.4) is 0 Å². The molecule has 0 aromatic heterocycles. The van der Waals surface area contributed by atoms with Crippen LogP contribution >= 0.6 is 44.7 Å². The third kappa shape index (κ3) is 10.3. The van der Waals surface area contributed by atoms with E-state index in [1.54, 1.807) is 84.9 Å². The van der Waals surface area contributed by atoms with E-state index in [9.17, 15) is 17.6 Å². The average molecular weight is 884 g/mol. The number of ether oxygens (including phenoxy) is 4. The molecule has 1 radical (unpaired) electrons. The van der Waals surface area contributed by atoms with E-state index in [0.29, 0.717) is 45.3 Å². The van der Waals surface area contributed by atoms with Crippen LogP contribution in [0.15, 0.2) is 122 Å². The number of hydrogen-bond donors (Lipinski definition) is 1. The van der Waals surface area contributed by atoms with Crippen molar-refractivity contribution in [3.63, 3.8) is 0 Å². The van der Waals surface area contributed by atoms with Gasteiger partial charge in [0.2, 0.25) is 0 Å². The van der Waals surface area contributed by atoms with E-state index in [4.69, 9.17) is 18.9 Å². The summed E-state index contributed by atoms with van der Waals surface area (Å²) in [6.45, 7) is 0. The third-order valence-corrected chi connectivity index (χ3v) is 8.80. The van der Waals surface area contributed by atoms with Crippen molar-refractivity contribution in [3.05, 3.63) is 141 Å². The van der Waals surface area contributed by atoms with E-state index in [1.165, 1.54) is 52.7 Å². The van der Waals surface area contributed by atoms with E-state index in [-0.39, 0.29) is 29.7 Å². The Morgan fingerprint density at radius 1 is 0.444 bits per heavy atom. The van der Waals surface area contributed by atoms with Gasteiger partial charge in [-0.05, 0) is 72.8 Å². The van der Waals surface area contributed by atoms with E-state index in [0.717, 1.165) is 8.95 Å². The van der Waals surface area contributed by atoms with E-state index in [2.05, 4.69) is 56.6 Å². The van der Waals surface area contributed by atoms with Gasteiger partial charge < -0.3 is 18.9 Å². The van der Waals surface area contributed by atoms with Crippen molar-refractivity contribution < 1.29 is 36.5 Å². The summed E-state index contributed by atoms with van der Waals surface area (Å²) in [5.41, 5.74) is 2.49. The summed E-state index contributed by atoms with van der Waals surface area (Å²) >= 11 is 9.89. The van der Waals surface area contributed by atoms with Crippen LogP contribution in [0.1, 0.15) is 7.43 Å². The predicted molar refractivity (Wildman–Crippen MR) is 220 cm³/mol. The van der Waals surface area contributed by atoms with Crippen LogP contribution in [-0.4, -0.2) is 36.1 Å². The molecular formula is C41H35BBr2F4NO4S. The van der Waals surface area contributed by atoms with Crippen LogP contribution in [-0.2, 0) is 0 Å². The molecular weight excluding hydrogens is 849 g/mol. The Balaban J connectivity index is 0.000000267. The summed E-state index contributed by atoms with van der Waals surface area (Å²) in [4.78, 5) is 0. The minimum atomic E-state index is -0.556. The molecule has 0 spiro atoms. The zero-order valence-corrected chi connectivity index (χ0v) is 32.8. The van der Waals surface area contributed by atoms with Crippen LogP contribution in [0.5, 0.6) is 23.0 Å². The van der Waals surface area contributed by atoms with Crippen molar-refractivity contribution in [2.24, 2.45) is 4.30 Å². The third-order valence-electron chi connectivity index (χ3n) is 7.81. The van der Waals surface area contributed by atoms with Gasteiger partial charge in [0, 0.05) is 53.5 Å². The Hall–Kier alpha value is -4.59. The van der Waals surface area contributed by atoms with Gasteiger partial charge >= 0.3 is 24.8 Å². The fraction of sp³-hybridized carbons (Fsp3) is 0.122. The second-order valence-corrected chi connectivity index (χ2v) is 12.9. The molecule has 279 valence electrons. The van der Waals surface area contributed by atoms with Gasteiger partial charge in [0.15, 0.2) is 0 Å². The molecule has 0 amide bonds. The quantitative estimate of drug-likeness (QED) is 0.0940. The van der Waals surface area contributed by atoms with E-state index < -0.39 is 23.3 Å². The summed E-state index contributed by atoms with van der Waals surface area (Å²) < 4.78 is 84.4. The molecule has 0 aliphatic heterocycles. The normalized spacial score (nSPS) is 10.0. The van der Waals surface area contributed by atoms with Gasteiger partial charge in [-0.2, -0.15) is 0 Å². The zero-order chi connectivity index (χ0) is 38.7. The Kier molecular flexibility index (Phi) is 16.8. The van der Waals surface area contributed by atoms with Crippen molar-refractivity contribution in [1.29, 1.82) is 0 Å². The van der Waals surface area contributed by atoms with Gasteiger partial charge in [-0.1, -0.05) is 75.7 Å². The Bertz CT molecular complexity index is 2080. The van der Waals surface area contributed by atoms with Crippen molar-refractivity contribution in [2.75, 3.05) is 28.4 Å². The van der Waals surface area contributed by atoms with Gasteiger partial charge in [0.25, 0.3) is 0 Å². The monoisotopic (exact) mass is 882 g/mol. The molecule has 0 atom stereocenters. The molecule has 0 saturated heterocycles. The minimum absolute atomic E-state index is 0. The van der Waals surface area contributed by atoms with Gasteiger partial charge in [0.05, 0.1) is 28.4 Å². The fourth-order valence-corrected chi connectivity index (χ4v) is 6.16. The Morgan fingerprint density at radius 3 is 1.00 bits per heavy atom. The number of hydrogen-bond acceptors (Lipinski definition) is 6. The van der Waals surface area contributed by atoms with E-state index in [1.807, 2.05) is 0 Å². The summed E-state index contributed by atoms with van der Waals surface area (Å²) in [6.07, 6.45) is 0. The van der Waals surface area contributed by atoms with Gasteiger partial charge in [0.1, 0.15) is 46.3 Å². The van der Waals surface area contributed by atoms with Crippen molar-refractivity contribution in [3.8, 4) is 67.5 Å². The summed E-state index contributed by atoms with van der Waals surface area (Å²) in [5, 5.41) is 0. The number of halogens is 6. The molecule has 0 saturated carbocycles. The maximum atomic E-state index is 14.9. The number of para-hydroxylation sites is 2. The Labute approximate surface area is 336 Å². The molecule has 0 heterocycles. The summed E-state index contributed by atoms with van der Waals surface area (Å²) in [5.74, 6) is -0.275. The SMILES string of the molecule is C.COc1ccc(Br)cc1-c1cc(F)c(-c2cc(Br)ccc2OC)cc1F.COc1ccccc1-c1cc(F)c(-c2ccccc2OC)cc1F.[B]=NS. The first-order valence-electron chi connectivity index (χ1n) is 15.5. The average Bonchev–Trinajstić information content (AvgIpc) is 3.16.